The van der Waals surface area contributed by atoms with Crippen LogP contribution in [-0.2, 0) is 29.0 Å². The Morgan fingerprint density at radius 3 is 2.56 bits per heavy atom. The molecule has 0 unspecified atom stereocenters. The summed E-state index contributed by atoms with van der Waals surface area (Å²) < 4.78 is 36.1. The number of hydrogen-bond acceptors (Lipinski definition) is 12. The molecular weight excluding hydrogens is 737 g/mol. The third kappa shape index (κ3) is 7.34. The number of imide groups is 1. The van der Waals surface area contributed by atoms with Crippen LogP contribution in [0.3, 0.4) is 0 Å². The second-order valence-electron chi connectivity index (χ2n) is 15.0. The molecule has 0 aliphatic carbocycles. The average Bonchev–Trinajstić information content (AvgIpc) is 3.19. The van der Waals surface area contributed by atoms with E-state index < -0.39 is 17.7 Å². The zero-order chi connectivity index (χ0) is 39.2. The Morgan fingerprint density at radius 2 is 1.77 bits per heavy atom. The number of pyridine rings is 1. The second kappa shape index (κ2) is 15.1. The van der Waals surface area contributed by atoms with Crippen molar-refractivity contribution in [1.82, 2.24) is 30.1 Å². The second-order valence-corrected chi connectivity index (χ2v) is 15.0. The predicted octanol–water partition coefficient (Wildman–Crippen LogP) is 3.59. The van der Waals surface area contributed by atoms with Crippen LogP contribution in [0.15, 0.2) is 48.8 Å². The number of ether oxygens (including phenoxy) is 1. The Bertz CT molecular complexity index is 2250. The lowest BCUT2D eigenvalue weighted by atomic mass is 10.0. The molecule has 296 valence electrons. The number of piperazine rings is 1. The first kappa shape index (κ1) is 36.5. The van der Waals surface area contributed by atoms with E-state index in [1.165, 1.54) is 17.0 Å². The minimum Gasteiger partial charge on any atom is -0.474 e. The summed E-state index contributed by atoms with van der Waals surface area (Å²) in [6, 6.07) is 9.19. The van der Waals surface area contributed by atoms with Crippen molar-refractivity contribution in [2.24, 2.45) is 0 Å². The first-order valence-corrected chi connectivity index (χ1v) is 19.4. The van der Waals surface area contributed by atoms with Gasteiger partial charge in [0, 0.05) is 94.5 Å². The molecule has 3 N–H and O–H groups in total. The molecule has 9 rings (SSSR count). The molecule has 4 aromatic rings. The van der Waals surface area contributed by atoms with E-state index in [0.29, 0.717) is 75.5 Å². The molecule has 0 radical (unpaired) electrons. The number of hydrogen-bond donors (Lipinski definition) is 3. The number of nitrogens with zero attached hydrogens (tertiary/aromatic N) is 8. The van der Waals surface area contributed by atoms with Crippen LogP contribution in [0.1, 0.15) is 28.8 Å². The Hall–Kier alpha value is -6.10. The van der Waals surface area contributed by atoms with Crippen LogP contribution >= 0.6 is 0 Å². The maximum Gasteiger partial charge on any atom is 0.328 e. The number of benzene rings is 2. The Kier molecular flexibility index (Phi) is 9.68. The highest BCUT2D eigenvalue weighted by molar-refractivity contribution is 6.05. The van der Waals surface area contributed by atoms with Crippen molar-refractivity contribution in [2.75, 3.05) is 90.8 Å². The van der Waals surface area contributed by atoms with E-state index in [0.717, 1.165) is 53.4 Å². The van der Waals surface area contributed by atoms with Gasteiger partial charge >= 0.3 is 6.03 Å². The van der Waals surface area contributed by atoms with E-state index in [-0.39, 0.29) is 42.9 Å². The Labute approximate surface area is 328 Å². The van der Waals surface area contributed by atoms with E-state index in [2.05, 4.69) is 47.5 Å². The smallest absolute Gasteiger partial charge is 0.328 e. The predicted molar refractivity (Wildman–Crippen MR) is 209 cm³/mol. The summed E-state index contributed by atoms with van der Waals surface area (Å²) in [6.07, 6.45) is 4.55. The number of fused-ring (bicyclic) bond motifs is 2. The van der Waals surface area contributed by atoms with Crippen LogP contribution in [-0.4, -0.2) is 114 Å². The first-order chi connectivity index (χ1) is 27.7. The number of nitrogens with one attached hydrogen (secondary N) is 3. The van der Waals surface area contributed by atoms with Crippen molar-refractivity contribution in [3.63, 3.8) is 0 Å². The molecule has 57 heavy (non-hydrogen) atoms. The highest BCUT2D eigenvalue weighted by Crippen LogP contribution is 2.36. The fourth-order valence-electron chi connectivity index (χ4n) is 8.21. The third-order valence-electron chi connectivity index (χ3n) is 11.5. The monoisotopic (exact) mass is 779 g/mol. The molecule has 5 aliphatic heterocycles. The molecule has 0 saturated carbocycles. The lowest BCUT2D eigenvalue weighted by Crippen LogP contribution is -2.63. The molecular formula is C40H43F2N11O4. The molecule has 2 aromatic heterocycles. The molecule has 5 aliphatic rings. The molecule has 3 saturated heterocycles. The van der Waals surface area contributed by atoms with Gasteiger partial charge in [-0.3, -0.25) is 24.7 Å². The van der Waals surface area contributed by atoms with Gasteiger partial charge in [0.2, 0.25) is 23.6 Å². The zero-order valence-electron chi connectivity index (χ0n) is 31.6. The van der Waals surface area contributed by atoms with Crippen molar-refractivity contribution in [3.8, 4) is 5.88 Å². The van der Waals surface area contributed by atoms with Crippen molar-refractivity contribution >= 4 is 52.2 Å². The fourth-order valence-corrected chi connectivity index (χ4v) is 8.21. The SMILES string of the molecule is Cc1c(N2CCc3cnc(Nc4ccc(CC(=O)N5CCN(C6CN(c7ccc(N8CCC(=O)NC8=O)c(F)c7)C6)CC5)c(F)c4)nc3C2)cnc2c1NCCO2. The minimum absolute atomic E-state index is 0.0376. The van der Waals surface area contributed by atoms with Gasteiger partial charge in [-0.1, -0.05) is 6.07 Å². The van der Waals surface area contributed by atoms with Gasteiger partial charge in [-0.15, -0.1) is 0 Å². The molecule has 15 nitrogen and oxygen atoms in total. The van der Waals surface area contributed by atoms with Crippen molar-refractivity contribution in [2.45, 2.75) is 38.8 Å². The topological polar surface area (TPSA) is 151 Å². The van der Waals surface area contributed by atoms with Gasteiger partial charge < -0.3 is 30.1 Å². The number of carbonyl (C=O) groups excluding carboxylic acids is 3. The largest absolute Gasteiger partial charge is 0.474 e. The summed E-state index contributed by atoms with van der Waals surface area (Å²) in [4.78, 5) is 60.4. The van der Waals surface area contributed by atoms with Crippen LogP contribution in [0.25, 0.3) is 0 Å². The molecule has 17 heteroatoms. The van der Waals surface area contributed by atoms with Gasteiger partial charge in [-0.2, -0.15) is 0 Å². The van der Waals surface area contributed by atoms with Crippen molar-refractivity contribution in [1.29, 1.82) is 0 Å². The maximum atomic E-state index is 15.4. The van der Waals surface area contributed by atoms with Crippen molar-refractivity contribution < 1.29 is 27.9 Å². The van der Waals surface area contributed by atoms with Gasteiger partial charge in [0.1, 0.15) is 23.9 Å². The maximum absolute atomic E-state index is 15.4. The van der Waals surface area contributed by atoms with Gasteiger partial charge in [0.25, 0.3) is 0 Å². The zero-order valence-corrected chi connectivity index (χ0v) is 31.6. The summed E-state index contributed by atoms with van der Waals surface area (Å²) in [6.45, 7) is 8.83. The fraction of sp³-hybridized carbons (Fsp3) is 0.400. The van der Waals surface area contributed by atoms with Crippen LogP contribution in [0.4, 0.5) is 48.0 Å². The summed E-state index contributed by atoms with van der Waals surface area (Å²) in [7, 11) is 0. The molecule has 7 heterocycles. The van der Waals surface area contributed by atoms with E-state index in [4.69, 9.17) is 9.72 Å². The number of aromatic nitrogens is 3. The summed E-state index contributed by atoms with van der Waals surface area (Å²) in [5.41, 5.74) is 6.69. The quantitative estimate of drug-likeness (QED) is 0.240. The minimum atomic E-state index is -0.620. The highest BCUT2D eigenvalue weighted by Gasteiger charge is 2.35. The Balaban J connectivity index is 0.752. The van der Waals surface area contributed by atoms with E-state index in [1.54, 1.807) is 29.2 Å². The van der Waals surface area contributed by atoms with Crippen LogP contribution in [0, 0.1) is 18.6 Å². The number of urea groups is 1. The van der Waals surface area contributed by atoms with Gasteiger partial charge in [0.05, 0.1) is 36.2 Å². The van der Waals surface area contributed by atoms with E-state index in [9.17, 15) is 14.4 Å². The Morgan fingerprint density at radius 1 is 0.930 bits per heavy atom. The normalized spacial score (nSPS) is 18.6. The van der Waals surface area contributed by atoms with Crippen molar-refractivity contribution in [3.05, 3.63) is 82.8 Å². The van der Waals surface area contributed by atoms with Crippen LogP contribution < -0.4 is 35.4 Å². The van der Waals surface area contributed by atoms with E-state index >= 15 is 8.78 Å². The lowest BCUT2D eigenvalue weighted by molar-refractivity contribution is -0.132. The van der Waals surface area contributed by atoms with E-state index in [1.807, 2.05) is 12.4 Å². The molecule has 3 fully saturated rings. The standard InChI is InChI=1S/C40H43F2N11O4/c1-24-34(20-44-38-37(24)43-8-15-57-38)51-9-6-26-19-45-39(47-32(26)23-51)46-27-3-2-25(30(41)17-27)16-36(55)50-13-11-49(12-14-50)29-21-52(22-29)28-4-5-33(31(42)18-28)53-10-7-35(54)48-40(53)56/h2-5,17-20,29,43H,6-16,21-23H2,1H3,(H,45,46,47)(H,48,54,56). The molecule has 0 bridgehead atoms. The molecule has 0 atom stereocenters. The molecule has 4 amide bonds. The lowest BCUT2D eigenvalue weighted by Gasteiger charge is -2.49. The summed E-state index contributed by atoms with van der Waals surface area (Å²) >= 11 is 0. The van der Waals surface area contributed by atoms with Crippen LogP contribution in [0.5, 0.6) is 5.88 Å². The highest BCUT2D eigenvalue weighted by atomic mass is 19.1. The number of carbonyl (C=O) groups is 3. The number of rotatable bonds is 8. The number of halogens is 2. The molecule has 0 spiro atoms. The summed E-state index contributed by atoms with van der Waals surface area (Å²) in [5, 5.41) is 8.76. The van der Waals surface area contributed by atoms with Gasteiger partial charge in [0.15, 0.2) is 0 Å². The van der Waals surface area contributed by atoms with Gasteiger partial charge in [-0.25, -0.2) is 28.5 Å². The van der Waals surface area contributed by atoms with Gasteiger partial charge in [-0.05, 0) is 54.8 Å². The van der Waals surface area contributed by atoms with Crippen LogP contribution in [0.2, 0.25) is 0 Å². The third-order valence-corrected chi connectivity index (χ3v) is 11.5. The first-order valence-electron chi connectivity index (χ1n) is 19.4. The average molecular weight is 780 g/mol. The summed E-state index contributed by atoms with van der Waals surface area (Å²) in [5.74, 6) is -0.485. The molecule has 2 aromatic carbocycles. The number of amides is 4. The number of anilines is 6.